The van der Waals surface area contributed by atoms with E-state index < -0.39 is 39.6 Å². The van der Waals surface area contributed by atoms with Crippen LogP contribution in [-0.4, -0.2) is 17.5 Å². The molecule has 0 radical (unpaired) electrons. The van der Waals surface area contributed by atoms with Crippen molar-refractivity contribution in [2.45, 2.75) is 67.0 Å². The number of rotatable bonds is 5. The molecule has 0 N–H and O–H groups in total. The van der Waals surface area contributed by atoms with Crippen molar-refractivity contribution in [3.05, 3.63) is 150 Å². The van der Waals surface area contributed by atoms with E-state index in [1.165, 1.54) is 11.8 Å². The molecule has 1 aliphatic carbocycles. The minimum Gasteiger partial charge on any atom is -0.422 e. The number of benzene rings is 6. The van der Waals surface area contributed by atoms with Crippen LogP contribution in [0, 0.1) is 0 Å². The van der Waals surface area contributed by atoms with Gasteiger partial charge in [-0.2, -0.15) is 4.98 Å². The minimum atomic E-state index is -4.38. The van der Waals surface area contributed by atoms with E-state index in [2.05, 4.69) is 0 Å². The molecule has 1 atom stereocenters. The summed E-state index contributed by atoms with van der Waals surface area (Å²) < 4.78 is 102. The maximum absolute atomic E-state index is 9.88. The van der Waals surface area contributed by atoms with E-state index in [4.69, 9.17) is 17.6 Å². The highest BCUT2D eigenvalue weighted by Gasteiger charge is 2.42. The molecule has 1 fully saturated rings. The van der Waals surface area contributed by atoms with Gasteiger partial charge in [0.1, 0.15) is 8.07 Å². The molecule has 3 nitrogen and oxygen atoms in total. The molecule has 1 aliphatic heterocycles. The molecule has 6 aromatic carbocycles. The second-order valence-electron chi connectivity index (χ2n) is 13.7. The number of imidazole rings is 1. The highest BCUT2D eigenvalue weighted by Crippen LogP contribution is 2.49. The Hall–Kier alpha value is -4.84. The molecule has 1 saturated carbocycles. The molecule has 0 spiro atoms. The molecule has 0 saturated heterocycles. The Morgan fingerprint density at radius 3 is 2.39 bits per heavy atom. The number of hydrogen-bond acceptors (Lipinski definition) is 3. The predicted octanol–water partition coefficient (Wildman–Crippen LogP) is 10.4. The topological polar surface area (TPSA) is 30.4 Å². The van der Waals surface area contributed by atoms with Gasteiger partial charge in [-0.3, -0.25) is 4.40 Å². The number of oxazole rings is 1. The zero-order valence-electron chi connectivity index (χ0n) is 37.7. The number of nitrogens with zero attached hydrogens (tertiary/aromatic N) is 2. The van der Waals surface area contributed by atoms with Crippen molar-refractivity contribution < 1.29 is 18.1 Å². The van der Waals surface area contributed by atoms with Crippen LogP contribution < -0.4 is 15.6 Å². The van der Waals surface area contributed by atoms with Gasteiger partial charge in [-0.25, -0.2) is 0 Å². The van der Waals surface area contributed by atoms with E-state index in [-0.39, 0.29) is 11.1 Å². The smallest absolute Gasteiger partial charge is 0.307 e. The minimum absolute atomic E-state index is 0.0644. The largest absolute Gasteiger partial charge is 0.422 e. The normalized spacial score (nSPS) is 21.0. The van der Waals surface area contributed by atoms with Gasteiger partial charge < -0.3 is 4.42 Å². The fraction of sp³-hybridized carbons (Fsp3) is 0.196. The Kier molecular flexibility index (Phi) is 5.04. The van der Waals surface area contributed by atoms with Crippen LogP contribution in [0.4, 0.5) is 0 Å². The Morgan fingerprint density at radius 1 is 0.765 bits per heavy atom. The van der Waals surface area contributed by atoms with Crippen LogP contribution in [-0.2, 0) is 5.41 Å². The molecule has 0 amide bonds. The molecule has 250 valence electrons. The summed E-state index contributed by atoms with van der Waals surface area (Å²) >= 11 is 1.24. The van der Waals surface area contributed by atoms with E-state index in [9.17, 15) is 5.48 Å². The first kappa shape index (κ1) is 22.2. The molecule has 2 aromatic heterocycles. The molecule has 5 heteroatoms. The number of hydrogen-bond donors (Lipinski definition) is 0. The lowest BCUT2D eigenvalue weighted by Gasteiger charge is -2.39. The molecule has 3 heterocycles. The quantitative estimate of drug-likeness (QED) is 0.132. The molecule has 0 bridgehead atoms. The van der Waals surface area contributed by atoms with E-state index in [1.807, 2.05) is 95.4 Å². The summed E-state index contributed by atoms with van der Waals surface area (Å²) in [6, 6.07) is 40.1. The van der Waals surface area contributed by atoms with Crippen LogP contribution in [0.3, 0.4) is 0 Å². The summed E-state index contributed by atoms with van der Waals surface area (Å²) in [5.41, 5.74) is 2.93. The van der Waals surface area contributed by atoms with E-state index in [0.717, 1.165) is 35.0 Å². The first-order chi connectivity index (χ1) is 29.0. The second-order valence-corrected chi connectivity index (χ2v) is 17.9. The van der Waals surface area contributed by atoms with Crippen molar-refractivity contribution in [2.75, 3.05) is 0 Å². The molecule has 8 aromatic rings. The van der Waals surface area contributed by atoms with E-state index >= 15 is 0 Å². The third-order valence-electron chi connectivity index (χ3n) is 10.8. The van der Waals surface area contributed by atoms with Crippen LogP contribution >= 0.6 is 11.8 Å². The average molecular weight is 707 g/mol. The van der Waals surface area contributed by atoms with Crippen molar-refractivity contribution in [3.63, 3.8) is 0 Å². The maximum Gasteiger partial charge on any atom is 0.307 e. The summed E-state index contributed by atoms with van der Waals surface area (Å²) in [7, 11) is -4.38. The second kappa shape index (κ2) is 11.6. The molecule has 1 unspecified atom stereocenters. The summed E-state index contributed by atoms with van der Waals surface area (Å²) in [4.78, 5) is 5.57. The van der Waals surface area contributed by atoms with E-state index in [1.54, 1.807) is 42.5 Å². The third-order valence-corrected chi connectivity index (χ3v) is 15.8. The lowest BCUT2D eigenvalue weighted by molar-refractivity contribution is 0.608. The highest BCUT2D eigenvalue weighted by atomic mass is 32.2. The van der Waals surface area contributed by atoms with Gasteiger partial charge >= 0.3 is 5.84 Å². The van der Waals surface area contributed by atoms with Crippen LogP contribution in [0.15, 0.2) is 148 Å². The van der Waals surface area contributed by atoms with Crippen molar-refractivity contribution in [1.82, 2.24) is 9.38 Å². The molecular weight excluding hydrogens is 657 g/mol. The first-order valence-corrected chi connectivity index (χ1v) is 20.2. The van der Waals surface area contributed by atoms with Crippen molar-refractivity contribution in [3.8, 4) is 11.1 Å². The van der Waals surface area contributed by atoms with Crippen molar-refractivity contribution in [2.24, 2.45) is 0 Å². The van der Waals surface area contributed by atoms with Gasteiger partial charge in [-0.1, -0.05) is 154 Å². The van der Waals surface area contributed by atoms with Gasteiger partial charge in [0.25, 0.3) is 0 Å². The molecule has 10 rings (SSSR count). The van der Waals surface area contributed by atoms with E-state index in [0.29, 0.717) is 60.7 Å². The molecule has 2 aliphatic rings. The Balaban J connectivity index is 1.32. The zero-order chi connectivity index (χ0) is 42.7. The number of para-hydroxylation sites is 3. The summed E-state index contributed by atoms with van der Waals surface area (Å²) in [5, 5.41) is 1.46. The number of aromatic nitrogens is 2. The Morgan fingerprint density at radius 2 is 1.53 bits per heavy atom. The summed E-state index contributed by atoms with van der Waals surface area (Å²) in [5.74, 6) is -0.532. The lowest BCUT2D eigenvalue weighted by atomic mass is 9.78. The third kappa shape index (κ3) is 4.60. The van der Waals surface area contributed by atoms with Crippen molar-refractivity contribution in [1.29, 1.82) is 0 Å². The monoisotopic (exact) mass is 706 g/mol. The van der Waals surface area contributed by atoms with Gasteiger partial charge in [-0.05, 0) is 80.8 Å². The average Bonchev–Trinajstić information content (AvgIpc) is 3.93. The fourth-order valence-corrected chi connectivity index (χ4v) is 13.3. The van der Waals surface area contributed by atoms with Gasteiger partial charge in [-0.15, -0.1) is 0 Å². The lowest BCUT2D eigenvalue weighted by Crippen LogP contribution is -2.65. The van der Waals surface area contributed by atoms with Crippen LogP contribution in [0.25, 0.3) is 39.1 Å². The molecule has 51 heavy (non-hydrogen) atoms. The fourth-order valence-electron chi connectivity index (χ4n) is 8.32. The Labute approximate surface area is 318 Å². The standard InChI is InChI=1S/C46H40N2OSSi/c1-46(2)36-20-9-12-25-41(36)50-44-37(46)21-14-26-42(44)51(3,31-17-5-4-6-18-31)32-27-28-33(30-15-7-8-16-30)35(29-32)34-19-13-24-40-43(34)49-45-47-38-22-10-11-23-39(38)48(40)45/h4-6,9-14,17-30H,7-8,15-16H2,1-3H3/i1D3,2D3,3D3,30D. The van der Waals surface area contributed by atoms with Gasteiger partial charge in [0.15, 0.2) is 5.58 Å². The zero-order valence-corrected chi connectivity index (χ0v) is 29.6. The maximum atomic E-state index is 9.88. The summed E-state index contributed by atoms with van der Waals surface area (Å²) in [6.45, 7) is -8.80. The highest BCUT2D eigenvalue weighted by molar-refractivity contribution is 7.99. The predicted molar refractivity (Wildman–Crippen MR) is 215 cm³/mol. The van der Waals surface area contributed by atoms with Gasteiger partial charge in [0, 0.05) is 34.5 Å². The SMILES string of the molecule is [2H]C1(c2ccc([Si](c3ccccc3)(c3cccc4c3Sc3ccccc3C4(C([2H])([2H])[2H])C([2H])([2H])[2H])C([2H])([2H])[2H])cc2-c2cccc3c2oc2nc4ccccc4n23)CCCC1. The molecular formula is C46H40N2OSSi. The van der Waals surface area contributed by atoms with Crippen molar-refractivity contribution >= 4 is 63.4 Å². The van der Waals surface area contributed by atoms with Crippen LogP contribution in [0.5, 0.6) is 0 Å². The summed E-state index contributed by atoms with van der Waals surface area (Å²) in [6.07, 6.45) is 3.04. The first-order valence-electron chi connectivity index (χ1n) is 22.4. The Bertz CT molecular complexity index is 3010. The van der Waals surface area contributed by atoms with Gasteiger partial charge in [0.05, 0.1) is 16.6 Å². The van der Waals surface area contributed by atoms with Crippen LogP contribution in [0.2, 0.25) is 6.48 Å². The van der Waals surface area contributed by atoms with Gasteiger partial charge in [0.2, 0.25) is 0 Å². The van der Waals surface area contributed by atoms with Crippen LogP contribution in [0.1, 0.15) is 75.7 Å². The number of fused-ring (bicyclic) bond motifs is 7.